The molecule has 4 nitrogen and oxygen atoms in total. The van der Waals surface area contributed by atoms with Gasteiger partial charge in [0.2, 0.25) is 5.91 Å². The maximum atomic E-state index is 11.8. The van der Waals surface area contributed by atoms with Crippen molar-refractivity contribution in [1.82, 2.24) is 4.90 Å². The predicted octanol–water partition coefficient (Wildman–Crippen LogP) is 0.214. The summed E-state index contributed by atoms with van der Waals surface area (Å²) in [6, 6.07) is 6.15. The van der Waals surface area contributed by atoms with Gasteiger partial charge in [-0.05, 0) is 24.7 Å². The maximum Gasteiger partial charge on any atom is 0.249 e. The third-order valence-electron chi connectivity index (χ3n) is 2.46. The molecule has 0 unspecified atom stereocenters. The molecule has 2 N–H and O–H groups in total. The first-order chi connectivity index (χ1) is 7.09. The lowest BCUT2D eigenvalue weighted by molar-refractivity contribution is 0.0908. The van der Waals surface area contributed by atoms with E-state index in [1.807, 2.05) is 11.9 Å². The normalized spacial score (nSPS) is 16.2. The average molecular weight is 203 g/mol. The van der Waals surface area contributed by atoms with Crippen LogP contribution in [0.3, 0.4) is 0 Å². The van der Waals surface area contributed by atoms with Gasteiger partial charge in [-0.25, -0.2) is 0 Å². The maximum absolute atomic E-state index is 11.8. The van der Waals surface area contributed by atoms with E-state index in [1.165, 1.54) is 0 Å². The van der Waals surface area contributed by atoms with Crippen molar-refractivity contribution in [2.24, 2.45) is 5.73 Å². The van der Waals surface area contributed by atoms with Gasteiger partial charge < -0.3 is 5.73 Å². The first kappa shape index (κ1) is 9.86. The van der Waals surface area contributed by atoms with Gasteiger partial charge in [0.05, 0.1) is 12.1 Å². The Kier molecular flexibility index (Phi) is 2.28. The van der Waals surface area contributed by atoms with Crippen molar-refractivity contribution in [2.75, 3.05) is 13.6 Å². The molecular weight excluding hydrogens is 192 g/mol. The van der Waals surface area contributed by atoms with Crippen molar-refractivity contribution in [1.29, 1.82) is 0 Å². The Morgan fingerprint density at radius 3 is 2.93 bits per heavy atom. The molecule has 2 rings (SSSR count). The lowest BCUT2D eigenvalue weighted by Gasteiger charge is -2.24. The molecule has 0 saturated heterocycles. The molecule has 0 aliphatic carbocycles. The molecule has 1 aromatic carbocycles. The number of benzene rings is 1. The number of likely N-dealkylation sites (N-methyl/N-ethyl adjacent to an activating group) is 1. The molecule has 1 aromatic rings. The highest BCUT2D eigenvalue weighted by atomic mass is 16.1. The van der Waals surface area contributed by atoms with Crippen LogP contribution in [0, 0.1) is 6.07 Å². The van der Waals surface area contributed by atoms with Gasteiger partial charge in [-0.2, -0.15) is 0 Å². The number of amides is 1. The molecule has 77 valence electrons. The van der Waals surface area contributed by atoms with Gasteiger partial charge in [0.1, 0.15) is 0 Å². The molecule has 0 bridgehead atoms. The predicted molar refractivity (Wildman–Crippen MR) is 54.5 cm³/mol. The van der Waals surface area contributed by atoms with Gasteiger partial charge in [-0.1, -0.05) is 6.07 Å². The van der Waals surface area contributed by atoms with Crippen LogP contribution in [0.2, 0.25) is 0 Å². The zero-order chi connectivity index (χ0) is 11.0. The Labute approximate surface area is 87.7 Å². The fraction of sp³-hybridized carbons (Fsp3) is 0.273. The molecule has 15 heavy (non-hydrogen) atoms. The minimum atomic E-state index is -0.557. The summed E-state index contributed by atoms with van der Waals surface area (Å²) in [5.74, 6) is -0.623. The van der Waals surface area contributed by atoms with E-state index >= 15 is 0 Å². The Hall–Kier alpha value is -1.68. The Morgan fingerprint density at radius 1 is 1.53 bits per heavy atom. The summed E-state index contributed by atoms with van der Waals surface area (Å²) in [5.41, 5.74) is 6.73. The highest BCUT2D eigenvalue weighted by Crippen LogP contribution is 2.20. The number of hydrogen-bond acceptors (Lipinski definition) is 3. The Bertz CT molecular complexity index is 440. The standard InChI is InChI=1S/C11H11N2O2/c1-13-5-7-3-2-4-8(11(12)15)10(7)9(14)6-13/h2,4H,5-6H2,1H3,(H2,12,15). The molecule has 1 amide bonds. The summed E-state index contributed by atoms with van der Waals surface area (Å²) >= 11 is 0. The topological polar surface area (TPSA) is 63.4 Å². The minimum absolute atomic E-state index is 0.0654. The van der Waals surface area contributed by atoms with E-state index in [4.69, 9.17) is 5.73 Å². The summed E-state index contributed by atoms with van der Waals surface area (Å²) in [6.07, 6.45) is 0. The number of carbonyl (C=O) groups is 2. The largest absolute Gasteiger partial charge is 0.366 e. The number of rotatable bonds is 1. The third-order valence-corrected chi connectivity index (χ3v) is 2.46. The van der Waals surface area contributed by atoms with Gasteiger partial charge in [-0.3, -0.25) is 14.5 Å². The van der Waals surface area contributed by atoms with Crippen LogP contribution >= 0.6 is 0 Å². The lowest BCUT2D eigenvalue weighted by atomic mass is 9.93. The van der Waals surface area contributed by atoms with Gasteiger partial charge >= 0.3 is 0 Å². The van der Waals surface area contributed by atoms with E-state index in [0.29, 0.717) is 24.2 Å². The number of carbonyl (C=O) groups excluding carboxylic acids is 2. The lowest BCUT2D eigenvalue weighted by Crippen LogP contribution is -2.34. The van der Waals surface area contributed by atoms with Gasteiger partial charge in [0.15, 0.2) is 5.78 Å². The van der Waals surface area contributed by atoms with E-state index in [0.717, 1.165) is 5.56 Å². The summed E-state index contributed by atoms with van der Waals surface area (Å²) in [7, 11) is 1.85. The van der Waals surface area contributed by atoms with Crippen molar-refractivity contribution in [3.05, 3.63) is 34.9 Å². The van der Waals surface area contributed by atoms with Crippen LogP contribution in [0.25, 0.3) is 0 Å². The Morgan fingerprint density at radius 2 is 2.27 bits per heavy atom. The average Bonchev–Trinajstić information content (AvgIpc) is 2.16. The molecule has 0 spiro atoms. The van der Waals surface area contributed by atoms with Crippen LogP contribution in [-0.4, -0.2) is 30.2 Å². The van der Waals surface area contributed by atoms with Crippen LogP contribution in [-0.2, 0) is 6.54 Å². The van der Waals surface area contributed by atoms with Crippen LogP contribution in [0.4, 0.5) is 0 Å². The molecular formula is C11H11N2O2. The fourth-order valence-electron chi connectivity index (χ4n) is 1.84. The van der Waals surface area contributed by atoms with E-state index in [9.17, 15) is 9.59 Å². The molecule has 1 aliphatic heterocycles. The van der Waals surface area contributed by atoms with E-state index < -0.39 is 5.91 Å². The van der Waals surface area contributed by atoms with Crippen molar-refractivity contribution in [3.8, 4) is 0 Å². The first-order valence-electron chi connectivity index (χ1n) is 4.64. The van der Waals surface area contributed by atoms with Crippen LogP contribution < -0.4 is 5.73 Å². The molecule has 0 saturated carbocycles. The summed E-state index contributed by atoms with van der Waals surface area (Å²) in [6.45, 7) is 0.952. The van der Waals surface area contributed by atoms with Crippen LogP contribution in [0.5, 0.6) is 0 Å². The SMILES string of the molecule is CN1CC(=O)c2c([c]ccc2C(N)=O)C1. The second-order valence-electron chi connectivity index (χ2n) is 3.70. The Balaban J connectivity index is 2.59. The quantitative estimate of drug-likeness (QED) is 0.709. The monoisotopic (exact) mass is 203 g/mol. The zero-order valence-electron chi connectivity index (χ0n) is 8.41. The number of ketones is 1. The molecule has 1 heterocycles. The smallest absolute Gasteiger partial charge is 0.249 e. The van der Waals surface area contributed by atoms with Gasteiger partial charge in [-0.15, -0.1) is 0 Å². The molecule has 0 fully saturated rings. The number of nitrogens with two attached hydrogens (primary N) is 1. The third kappa shape index (κ3) is 1.64. The molecule has 1 aliphatic rings. The van der Waals surface area contributed by atoms with Crippen LogP contribution in [0.15, 0.2) is 12.1 Å². The summed E-state index contributed by atoms with van der Waals surface area (Å²) in [5, 5.41) is 0. The number of Topliss-reactive ketones (excluding diaryl/α,β-unsaturated/α-hetero) is 1. The molecule has 1 radical (unpaired) electrons. The molecule has 4 heteroatoms. The van der Waals surface area contributed by atoms with Crippen LogP contribution in [0.1, 0.15) is 26.3 Å². The zero-order valence-corrected chi connectivity index (χ0v) is 8.41. The van der Waals surface area contributed by atoms with Crippen molar-refractivity contribution in [3.63, 3.8) is 0 Å². The molecule has 0 atom stereocenters. The number of nitrogens with zero attached hydrogens (tertiary/aromatic N) is 1. The van der Waals surface area contributed by atoms with Gasteiger partial charge in [0.25, 0.3) is 0 Å². The molecule has 0 aromatic heterocycles. The second kappa shape index (κ2) is 3.47. The fourth-order valence-corrected chi connectivity index (χ4v) is 1.84. The van der Waals surface area contributed by atoms with Crippen molar-refractivity contribution < 1.29 is 9.59 Å². The summed E-state index contributed by atoms with van der Waals surface area (Å²) in [4.78, 5) is 24.8. The van der Waals surface area contributed by atoms with Gasteiger partial charge in [0, 0.05) is 12.1 Å². The number of fused-ring (bicyclic) bond motifs is 1. The minimum Gasteiger partial charge on any atom is -0.366 e. The van der Waals surface area contributed by atoms with E-state index in [2.05, 4.69) is 6.07 Å². The first-order valence-corrected chi connectivity index (χ1v) is 4.64. The number of hydrogen-bond donors (Lipinski definition) is 1. The highest BCUT2D eigenvalue weighted by molar-refractivity contribution is 6.09. The highest BCUT2D eigenvalue weighted by Gasteiger charge is 2.25. The van der Waals surface area contributed by atoms with E-state index in [-0.39, 0.29) is 5.78 Å². The van der Waals surface area contributed by atoms with E-state index in [1.54, 1.807) is 12.1 Å². The van der Waals surface area contributed by atoms with Crippen molar-refractivity contribution in [2.45, 2.75) is 6.54 Å². The second-order valence-corrected chi connectivity index (χ2v) is 3.70. The summed E-state index contributed by atoms with van der Waals surface area (Å²) < 4.78 is 0. The van der Waals surface area contributed by atoms with Crippen molar-refractivity contribution >= 4 is 11.7 Å². The number of primary amides is 1.